The predicted molar refractivity (Wildman–Crippen MR) is 59.0 cm³/mol. The van der Waals surface area contributed by atoms with Crippen molar-refractivity contribution in [2.45, 2.75) is 12.5 Å². The van der Waals surface area contributed by atoms with Gasteiger partial charge in [0.1, 0.15) is 0 Å². The summed E-state index contributed by atoms with van der Waals surface area (Å²) in [6, 6.07) is 2.67. The van der Waals surface area contributed by atoms with E-state index in [9.17, 15) is 4.39 Å². The second-order valence-corrected chi connectivity index (χ2v) is 4.03. The maximum Gasteiger partial charge on any atom is 0.0912 e. The first-order valence-corrected chi connectivity index (χ1v) is 5.16. The molecular formula is C9H9Cl3FN. The molecule has 0 amide bonds. The van der Waals surface area contributed by atoms with E-state index >= 15 is 0 Å². The third kappa shape index (κ3) is 2.51. The number of benzene rings is 1. The summed E-state index contributed by atoms with van der Waals surface area (Å²) in [5.41, 5.74) is 6.22. The summed E-state index contributed by atoms with van der Waals surface area (Å²) in [6.07, 6.45) is 0.180. The topological polar surface area (TPSA) is 26.0 Å². The smallest absolute Gasteiger partial charge is 0.0912 e. The molecule has 0 spiro atoms. The lowest BCUT2D eigenvalue weighted by atomic mass is 10.1. The molecule has 1 atom stereocenters. The van der Waals surface area contributed by atoms with Crippen molar-refractivity contribution in [1.29, 1.82) is 0 Å². The summed E-state index contributed by atoms with van der Waals surface area (Å²) in [4.78, 5) is 0. The molecule has 0 fully saturated rings. The van der Waals surface area contributed by atoms with Gasteiger partial charge >= 0.3 is 0 Å². The Morgan fingerprint density at radius 2 is 1.79 bits per heavy atom. The van der Waals surface area contributed by atoms with Gasteiger partial charge in [-0.3, -0.25) is 4.39 Å². The average molecular weight is 257 g/mol. The normalized spacial score (nSPS) is 12.9. The monoisotopic (exact) mass is 255 g/mol. The van der Waals surface area contributed by atoms with Crippen LogP contribution in [0.4, 0.5) is 4.39 Å². The van der Waals surface area contributed by atoms with Crippen molar-refractivity contribution < 1.29 is 4.39 Å². The molecule has 0 unspecified atom stereocenters. The predicted octanol–water partition coefficient (Wildman–Crippen LogP) is 4.01. The van der Waals surface area contributed by atoms with Crippen LogP contribution in [-0.2, 0) is 0 Å². The Morgan fingerprint density at radius 1 is 1.21 bits per heavy atom. The number of nitrogens with two attached hydrogens (primary N) is 1. The Balaban J connectivity index is 3.11. The quantitative estimate of drug-likeness (QED) is 0.813. The molecule has 1 aromatic carbocycles. The number of hydrogen-bond donors (Lipinski definition) is 1. The van der Waals surface area contributed by atoms with Crippen molar-refractivity contribution in [3.05, 3.63) is 32.8 Å². The second kappa shape index (κ2) is 5.17. The van der Waals surface area contributed by atoms with E-state index in [4.69, 9.17) is 40.5 Å². The lowest BCUT2D eigenvalue weighted by Crippen LogP contribution is -2.12. The molecule has 0 saturated heterocycles. The fourth-order valence-corrected chi connectivity index (χ4v) is 1.96. The van der Waals surface area contributed by atoms with Gasteiger partial charge in [0.2, 0.25) is 0 Å². The van der Waals surface area contributed by atoms with Crippen molar-refractivity contribution in [3.63, 3.8) is 0 Å². The van der Waals surface area contributed by atoms with Gasteiger partial charge in [0.05, 0.1) is 16.7 Å². The fraction of sp³-hybridized carbons (Fsp3) is 0.333. The maximum absolute atomic E-state index is 12.1. The Bertz CT molecular complexity index is 330. The first kappa shape index (κ1) is 12.1. The van der Waals surface area contributed by atoms with E-state index in [2.05, 4.69) is 0 Å². The summed E-state index contributed by atoms with van der Waals surface area (Å²) in [7, 11) is 0. The summed E-state index contributed by atoms with van der Waals surface area (Å²) in [5.74, 6) is 0. The number of alkyl halides is 1. The SMILES string of the molecule is N[C@@H](CCF)c1c(Cl)ccc(Cl)c1Cl. The van der Waals surface area contributed by atoms with E-state index in [-0.39, 0.29) is 6.42 Å². The van der Waals surface area contributed by atoms with Crippen LogP contribution in [0.3, 0.4) is 0 Å². The number of halogens is 4. The van der Waals surface area contributed by atoms with Crippen LogP contribution in [0.5, 0.6) is 0 Å². The van der Waals surface area contributed by atoms with Crippen LogP contribution in [0.25, 0.3) is 0 Å². The Morgan fingerprint density at radius 3 is 2.36 bits per heavy atom. The third-order valence-electron chi connectivity index (χ3n) is 1.87. The molecule has 1 aromatic rings. The summed E-state index contributed by atoms with van der Waals surface area (Å²) in [5, 5.41) is 1.10. The van der Waals surface area contributed by atoms with Crippen LogP contribution in [0.1, 0.15) is 18.0 Å². The van der Waals surface area contributed by atoms with Crippen molar-refractivity contribution in [2.24, 2.45) is 5.73 Å². The van der Waals surface area contributed by atoms with Gasteiger partial charge in [-0.1, -0.05) is 34.8 Å². The van der Waals surface area contributed by atoms with Gasteiger partial charge in [0.15, 0.2) is 0 Å². The highest BCUT2D eigenvalue weighted by atomic mass is 35.5. The highest BCUT2D eigenvalue weighted by Crippen LogP contribution is 2.35. The highest BCUT2D eigenvalue weighted by Gasteiger charge is 2.16. The molecule has 0 aliphatic carbocycles. The van der Waals surface area contributed by atoms with Gasteiger partial charge in [-0.05, 0) is 18.6 Å². The summed E-state index contributed by atoms with van der Waals surface area (Å²) < 4.78 is 12.1. The lowest BCUT2D eigenvalue weighted by Gasteiger charge is -2.14. The first-order chi connectivity index (χ1) is 6.57. The molecule has 0 aromatic heterocycles. The van der Waals surface area contributed by atoms with Gasteiger partial charge < -0.3 is 5.73 Å². The van der Waals surface area contributed by atoms with E-state index in [1.54, 1.807) is 12.1 Å². The Labute approximate surface area is 96.9 Å². The maximum atomic E-state index is 12.1. The molecule has 1 rings (SSSR count). The number of rotatable bonds is 3. The summed E-state index contributed by atoms with van der Waals surface area (Å²) in [6.45, 7) is -0.514. The van der Waals surface area contributed by atoms with Crippen molar-refractivity contribution in [3.8, 4) is 0 Å². The van der Waals surface area contributed by atoms with Crippen LogP contribution < -0.4 is 5.73 Å². The minimum absolute atomic E-state index is 0.180. The zero-order chi connectivity index (χ0) is 10.7. The molecule has 0 aliphatic rings. The highest BCUT2D eigenvalue weighted by molar-refractivity contribution is 6.44. The standard InChI is InChI=1S/C9H9Cl3FN/c10-5-1-2-6(11)9(12)8(5)7(14)3-4-13/h1-2,7H,3-4,14H2/t7-/m0/s1. The third-order valence-corrected chi connectivity index (χ3v) is 3.02. The minimum atomic E-state index is -0.515. The van der Waals surface area contributed by atoms with Gasteiger partial charge in [-0.15, -0.1) is 0 Å². The van der Waals surface area contributed by atoms with Crippen LogP contribution in [0, 0.1) is 0 Å². The van der Waals surface area contributed by atoms with Crippen LogP contribution in [0.2, 0.25) is 15.1 Å². The van der Waals surface area contributed by atoms with E-state index in [1.807, 2.05) is 0 Å². The summed E-state index contributed by atoms with van der Waals surface area (Å²) >= 11 is 17.6. The van der Waals surface area contributed by atoms with Gasteiger partial charge in [-0.2, -0.15) is 0 Å². The molecule has 0 aliphatic heterocycles. The van der Waals surface area contributed by atoms with Gasteiger partial charge in [0.25, 0.3) is 0 Å². The van der Waals surface area contributed by atoms with Crippen molar-refractivity contribution in [1.82, 2.24) is 0 Å². The van der Waals surface area contributed by atoms with Crippen LogP contribution in [0.15, 0.2) is 12.1 Å². The molecule has 0 radical (unpaired) electrons. The zero-order valence-electron chi connectivity index (χ0n) is 7.24. The molecule has 2 N–H and O–H groups in total. The number of hydrogen-bond acceptors (Lipinski definition) is 1. The molecular weight excluding hydrogens is 247 g/mol. The fourth-order valence-electron chi connectivity index (χ4n) is 1.14. The molecule has 0 saturated carbocycles. The van der Waals surface area contributed by atoms with Crippen LogP contribution >= 0.6 is 34.8 Å². The zero-order valence-corrected chi connectivity index (χ0v) is 9.50. The minimum Gasteiger partial charge on any atom is -0.324 e. The largest absolute Gasteiger partial charge is 0.324 e. The van der Waals surface area contributed by atoms with Gasteiger partial charge in [0, 0.05) is 16.6 Å². The molecule has 1 nitrogen and oxygen atoms in total. The van der Waals surface area contributed by atoms with E-state index in [0.717, 1.165) is 0 Å². The van der Waals surface area contributed by atoms with E-state index in [1.165, 1.54) is 0 Å². The molecule has 78 valence electrons. The van der Waals surface area contributed by atoms with Crippen molar-refractivity contribution in [2.75, 3.05) is 6.67 Å². The average Bonchev–Trinajstić information content (AvgIpc) is 2.13. The molecule has 0 heterocycles. The lowest BCUT2D eigenvalue weighted by molar-refractivity contribution is 0.442. The molecule has 0 bridgehead atoms. The molecule has 14 heavy (non-hydrogen) atoms. The molecule has 5 heteroatoms. The van der Waals surface area contributed by atoms with Gasteiger partial charge in [-0.25, -0.2) is 0 Å². The Kier molecular flexibility index (Phi) is 4.45. The first-order valence-electron chi connectivity index (χ1n) is 4.03. The van der Waals surface area contributed by atoms with E-state index < -0.39 is 12.7 Å². The Hall–Kier alpha value is -0.0200. The second-order valence-electron chi connectivity index (χ2n) is 2.84. The van der Waals surface area contributed by atoms with Crippen molar-refractivity contribution >= 4 is 34.8 Å². The van der Waals surface area contributed by atoms with E-state index in [0.29, 0.717) is 20.6 Å². The van der Waals surface area contributed by atoms with Crippen LogP contribution in [-0.4, -0.2) is 6.67 Å².